The van der Waals surface area contributed by atoms with Gasteiger partial charge in [-0.1, -0.05) is 24.3 Å². The van der Waals surface area contributed by atoms with Crippen LogP contribution < -0.4 is 15.8 Å². The van der Waals surface area contributed by atoms with Crippen LogP contribution in [0.4, 0.5) is 0 Å². The van der Waals surface area contributed by atoms with Crippen LogP contribution in [0.2, 0.25) is 0 Å². The third kappa shape index (κ3) is 4.56. The van der Waals surface area contributed by atoms with Gasteiger partial charge in [0.2, 0.25) is 5.91 Å². The molecule has 0 aliphatic carbocycles. The highest BCUT2D eigenvalue weighted by Gasteiger charge is 2.12. The van der Waals surface area contributed by atoms with E-state index in [-0.39, 0.29) is 24.8 Å². The fraction of sp³-hybridized carbons (Fsp3) is 0.0952. The third-order valence-corrected chi connectivity index (χ3v) is 3.95. The van der Waals surface area contributed by atoms with Gasteiger partial charge in [-0.25, -0.2) is 0 Å². The minimum Gasteiger partial charge on any atom is -0.484 e. The highest BCUT2D eigenvalue weighted by Crippen LogP contribution is 2.19. The Hall–Kier alpha value is -4.05. The molecule has 0 atom stereocenters. The van der Waals surface area contributed by atoms with Crippen molar-refractivity contribution in [1.29, 1.82) is 5.26 Å². The number of benzene rings is 2. The maximum Gasteiger partial charge on any atom is 0.287 e. The number of nitrogens with zero attached hydrogens (tertiary/aromatic N) is 1. The van der Waals surface area contributed by atoms with E-state index >= 15 is 0 Å². The first-order valence-corrected chi connectivity index (χ1v) is 8.44. The minimum absolute atomic E-state index is 0.0978. The van der Waals surface area contributed by atoms with Gasteiger partial charge in [0.05, 0.1) is 5.56 Å². The van der Waals surface area contributed by atoms with E-state index in [2.05, 4.69) is 11.4 Å². The molecule has 3 rings (SSSR count). The first-order chi connectivity index (χ1) is 13.6. The van der Waals surface area contributed by atoms with E-state index < -0.39 is 5.91 Å². The summed E-state index contributed by atoms with van der Waals surface area (Å²) in [6, 6.07) is 18.8. The number of hydrogen-bond donors (Lipinski definition) is 2. The highest BCUT2D eigenvalue weighted by molar-refractivity contribution is 5.93. The molecule has 28 heavy (non-hydrogen) atoms. The van der Waals surface area contributed by atoms with Crippen molar-refractivity contribution in [3.05, 3.63) is 88.9 Å². The van der Waals surface area contributed by atoms with Gasteiger partial charge in [-0.2, -0.15) is 5.26 Å². The van der Waals surface area contributed by atoms with E-state index in [1.165, 1.54) is 0 Å². The fourth-order valence-electron chi connectivity index (χ4n) is 2.47. The smallest absolute Gasteiger partial charge is 0.287 e. The van der Waals surface area contributed by atoms with E-state index in [1.807, 2.05) is 0 Å². The molecule has 3 aromatic rings. The lowest BCUT2D eigenvalue weighted by Gasteiger charge is -2.06. The molecule has 3 N–H and O–H groups in total. The van der Waals surface area contributed by atoms with Gasteiger partial charge in [-0.15, -0.1) is 0 Å². The second kappa shape index (κ2) is 8.56. The first-order valence-electron chi connectivity index (χ1n) is 8.44. The average molecular weight is 375 g/mol. The SMILES string of the molecule is N#Cc1ccccc1OCc1ccc(C(=O)NCc2ccc(C(N)=O)cc2)o1. The number of nitrogens with one attached hydrogen (secondary N) is 1. The van der Waals surface area contributed by atoms with Gasteiger partial charge in [0.1, 0.15) is 24.2 Å². The van der Waals surface area contributed by atoms with Crippen molar-refractivity contribution in [2.45, 2.75) is 13.2 Å². The summed E-state index contributed by atoms with van der Waals surface area (Å²) >= 11 is 0. The van der Waals surface area contributed by atoms with E-state index in [9.17, 15) is 9.59 Å². The van der Waals surface area contributed by atoms with Crippen LogP contribution >= 0.6 is 0 Å². The van der Waals surface area contributed by atoms with Gasteiger partial charge in [0, 0.05) is 12.1 Å². The summed E-state index contributed by atoms with van der Waals surface area (Å²) in [5, 5.41) is 11.8. The summed E-state index contributed by atoms with van der Waals surface area (Å²) in [6.45, 7) is 0.376. The Kier molecular flexibility index (Phi) is 5.72. The second-order valence-electron chi connectivity index (χ2n) is 5.91. The molecule has 7 nitrogen and oxygen atoms in total. The number of primary amides is 1. The predicted octanol–water partition coefficient (Wildman–Crippen LogP) is 2.76. The molecule has 0 aliphatic heterocycles. The number of para-hydroxylation sites is 1. The van der Waals surface area contributed by atoms with Crippen LogP contribution in [0.3, 0.4) is 0 Å². The Morgan fingerprint density at radius 1 is 1.07 bits per heavy atom. The molecule has 0 saturated heterocycles. The van der Waals surface area contributed by atoms with Crippen molar-refractivity contribution in [2.24, 2.45) is 5.73 Å². The number of nitriles is 1. The molecule has 0 fully saturated rings. The lowest BCUT2D eigenvalue weighted by molar-refractivity contribution is 0.0918. The molecule has 0 spiro atoms. The first kappa shape index (κ1) is 18.7. The molecular weight excluding hydrogens is 358 g/mol. The molecule has 0 radical (unpaired) electrons. The number of rotatable bonds is 7. The lowest BCUT2D eigenvalue weighted by atomic mass is 10.1. The largest absolute Gasteiger partial charge is 0.484 e. The summed E-state index contributed by atoms with van der Waals surface area (Å²) in [5.74, 6) is 0.192. The Bertz CT molecular complexity index is 1030. The van der Waals surface area contributed by atoms with E-state index in [0.29, 0.717) is 22.6 Å². The van der Waals surface area contributed by atoms with Crippen molar-refractivity contribution in [3.8, 4) is 11.8 Å². The number of furan rings is 1. The van der Waals surface area contributed by atoms with E-state index in [1.54, 1.807) is 60.7 Å². The molecule has 0 bridgehead atoms. The van der Waals surface area contributed by atoms with E-state index in [4.69, 9.17) is 20.1 Å². The molecule has 2 amide bonds. The maximum atomic E-state index is 12.2. The minimum atomic E-state index is -0.502. The maximum absolute atomic E-state index is 12.2. The zero-order chi connectivity index (χ0) is 19.9. The van der Waals surface area contributed by atoms with Gasteiger partial charge in [0.15, 0.2) is 5.76 Å². The van der Waals surface area contributed by atoms with Crippen molar-refractivity contribution < 1.29 is 18.7 Å². The number of amides is 2. The van der Waals surface area contributed by atoms with E-state index in [0.717, 1.165) is 5.56 Å². The van der Waals surface area contributed by atoms with Crippen molar-refractivity contribution in [1.82, 2.24) is 5.32 Å². The molecule has 140 valence electrons. The van der Waals surface area contributed by atoms with Crippen LogP contribution in [0.1, 0.15) is 37.8 Å². The van der Waals surface area contributed by atoms with Crippen LogP contribution in [0.25, 0.3) is 0 Å². The Labute approximate surface area is 161 Å². The molecule has 7 heteroatoms. The quantitative estimate of drug-likeness (QED) is 0.658. The average Bonchev–Trinajstić information content (AvgIpc) is 3.20. The molecule has 0 aliphatic rings. The molecule has 0 unspecified atom stereocenters. The normalized spacial score (nSPS) is 10.1. The summed E-state index contributed by atoms with van der Waals surface area (Å²) in [4.78, 5) is 23.3. The lowest BCUT2D eigenvalue weighted by Crippen LogP contribution is -2.22. The molecule has 0 saturated carbocycles. The summed E-state index contributed by atoms with van der Waals surface area (Å²) < 4.78 is 11.1. The second-order valence-corrected chi connectivity index (χ2v) is 5.91. The van der Waals surface area contributed by atoms with Gasteiger partial charge in [-0.3, -0.25) is 9.59 Å². The van der Waals surface area contributed by atoms with Crippen molar-refractivity contribution in [2.75, 3.05) is 0 Å². The summed E-state index contributed by atoms with van der Waals surface area (Å²) in [6.07, 6.45) is 0. The van der Waals surface area contributed by atoms with Crippen molar-refractivity contribution in [3.63, 3.8) is 0 Å². The number of carbonyl (C=O) groups is 2. The monoisotopic (exact) mass is 375 g/mol. The number of carbonyl (C=O) groups excluding carboxylic acids is 2. The van der Waals surface area contributed by atoms with Crippen LogP contribution in [0.5, 0.6) is 5.75 Å². The van der Waals surface area contributed by atoms with Gasteiger partial charge in [-0.05, 0) is 42.0 Å². The third-order valence-electron chi connectivity index (χ3n) is 3.95. The Morgan fingerprint density at radius 3 is 2.54 bits per heavy atom. The fourth-order valence-corrected chi connectivity index (χ4v) is 2.47. The van der Waals surface area contributed by atoms with Gasteiger partial charge < -0.3 is 20.2 Å². The Morgan fingerprint density at radius 2 is 1.82 bits per heavy atom. The van der Waals surface area contributed by atoms with Crippen LogP contribution in [0.15, 0.2) is 65.1 Å². The van der Waals surface area contributed by atoms with Gasteiger partial charge in [0.25, 0.3) is 5.91 Å². The van der Waals surface area contributed by atoms with Crippen LogP contribution in [-0.4, -0.2) is 11.8 Å². The molecular formula is C21H17N3O4. The van der Waals surface area contributed by atoms with Crippen LogP contribution in [0, 0.1) is 11.3 Å². The molecule has 1 heterocycles. The zero-order valence-electron chi connectivity index (χ0n) is 14.8. The number of hydrogen-bond acceptors (Lipinski definition) is 5. The standard InChI is InChI=1S/C21H17N3O4/c22-11-16-3-1-2-4-18(16)27-13-17-9-10-19(28-17)21(26)24-12-14-5-7-15(8-6-14)20(23)25/h1-10H,12-13H2,(H2,23,25)(H,24,26). The van der Waals surface area contributed by atoms with Crippen molar-refractivity contribution >= 4 is 11.8 Å². The number of nitrogens with two attached hydrogens (primary N) is 1. The van der Waals surface area contributed by atoms with Crippen LogP contribution in [-0.2, 0) is 13.2 Å². The molecule has 2 aromatic carbocycles. The summed E-state index contributed by atoms with van der Waals surface area (Å²) in [7, 11) is 0. The summed E-state index contributed by atoms with van der Waals surface area (Å²) in [5.41, 5.74) is 6.85. The topological polar surface area (TPSA) is 118 Å². The molecule has 1 aromatic heterocycles. The predicted molar refractivity (Wildman–Crippen MR) is 100 cm³/mol. The highest BCUT2D eigenvalue weighted by atomic mass is 16.5. The number of ether oxygens (including phenoxy) is 1. The zero-order valence-corrected chi connectivity index (χ0v) is 14.8. The van der Waals surface area contributed by atoms with Gasteiger partial charge >= 0.3 is 0 Å². The Balaban J connectivity index is 1.55.